The van der Waals surface area contributed by atoms with E-state index in [1.807, 2.05) is 67.6 Å². The van der Waals surface area contributed by atoms with Crippen LogP contribution in [-0.4, -0.2) is 71.8 Å². The van der Waals surface area contributed by atoms with Gasteiger partial charge in [-0.3, -0.25) is 4.79 Å². The lowest BCUT2D eigenvalue weighted by Gasteiger charge is -2.38. The monoisotopic (exact) mass is 562 g/mol. The zero-order valence-electron chi connectivity index (χ0n) is 23.0. The highest BCUT2D eigenvalue weighted by Crippen LogP contribution is 2.25. The van der Waals surface area contributed by atoms with E-state index in [2.05, 4.69) is 9.97 Å². The van der Waals surface area contributed by atoms with E-state index in [0.29, 0.717) is 24.4 Å². The van der Waals surface area contributed by atoms with Crippen molar-refractivity contribution in [1.82, 2.24) is 19.2 Å². The van der Waals surface area contributed by atoms with Crippen molar-refractivity contribution >= 4 is 28.0 Å². The van der Waals surface area contributed by atoms with E-state index in [4.69, 9.17) is 4.74 Å². The lowest BCUT2D eigenvalue weighted by Crippen LogP contribution is -2.55. The van der Waals surface area contributed by atoms with E-state index >= 15 is 0 Å². The first-order valence-corrected chi connectivity index (χ1v) is 14.9. The molecule has 1 unspecified atom stereocenters. The second-order valence-electron chi connectivity index (χ2n) is 9.52. The van der Waals surface area contributed by atoms with Crippen molar-refractivity contribution in [3.05, 3.63) is 88.6 Å². The van der Waals surface area contributed by atoms with E-state index in [-0.39, 0.29) is 37.5 Å². The standard InChI is InChI=1S/C30H34N4O5S/c1-4-12-25-26(30(36)39-5-2)27(32-28(31-25)24-15-10-7-11-16-24)29(35)33-18-19-34(22(3)21-33)40(37,38)20-17-23-13-8-6-9-14-23/h6-11,13-17,20,22H,4-5,12,18-19,21H2,1-3H3/b20-17+. The number of sulfonamides is 1. The number of nitrogens with zero attached hydrogens (tertiary/aromatic N) is 4. The van der Waals surface area contributed by atoms with Crippen LogP contribution in [0.4, 0.5) is 0 Å². The van der Waals surface area contributed by atoms with E-state index < -0.39 is 27.9 Å². The quantitative estimate of drug-likeness (QED) is 0.355. The van der Waals surface area contributed by atoms with Gasteiger partial charge >= 0.3 is 5.97 Å². The molecule has 0 N–H and O–H groups in total. The molecule has 1 fully saturated rings. The smallest absolute Gasteiger partial charge is 0.342 e. The normalized spacial score (nSPS) is 16.3. The molecule has 0 radical (unpaired) electrons. The van der Waals surface area contributed by atoms with Crippen LogP contribution in [-0.2, 0) is 21.2 Å². The van der Waals surface area contributed by atoms with Gasteiger partial charge in [0.2, 0.25) is 10.0 Å². The minimum atomic E-state index is -3.72. The Hall–Kier alpha value is -3.89. The van der Waals surface area contributed by atoms with Crippen molar-refractivity contribution < 1.29 is 22.7 Å². The first-order chi connectivity index (χ1) is 19.2. The molecular formula is C30H34N4O5S. The van der Waals surface area contributed by atoms with Gasteiger partial charge in [0.15, 0.2) is 5.82 Å². The Morgan fingerprint density at radius 1 is 1.00 bits per heavy atom. The van der Waals surface area contributed by atoms with Gasteiger partial charge in [-0.2, -0.15) is 4.31 Å². The first-order valence-electron chi connectivity index (χ1n) is 13.4. The number of carbonyl (C=O) groups excluding carboxylic acids is 2. The van der Waals surface area contributed by atoms with Crippen LogP contribution >= 0.6 is 0 Å². The number of hydrogen-bond donors (Lipinski definition) is 0. The molecule has 2 aromatic carbocycles. The van der Waals surface area contributed by atoms with Gasteiger partial charge in [0, 0.05) is 36.6 Å². The van der Waals surface area contributed by atoms with Crippen LogP contribution < -0.4 is 0 Å². The van der Waals surface area contributed by atoms with E-state index in [0.717, 1.165) is 11.1 Å². The Morgan fingerprint density at radius 3 is 2.30 bits per heavy atom. The number of piperazine rings is 1. The van der Waals surface area contributed by atoms with Gasteiger partial charge in [0.25, 0.3) is 5.91 Å². The average molecular weight is 563 g/mol. The van der Waals surface area contributed by atoms with Gasteiger partial charge in [0.05, 0.1) is 12.3 Å². The molecule has 1 saturated heterocycles. The molecule has 2 heterocycles. The Morgan fingerprint density at radius 2 is 1.68 bits per heavy atom. The summed E-state index contributed by atoms with van der Waals surface area (Å²) >= 11 is 0. The van der Waals surface area contributed by atoms with Crippen molar-refractivity contribution in [3.8, 4) is 11.4 Å². The van der Waals surface area contributed by atoms with Gasteiger partial charge in [0.1, 0.15) is 11.3 Å². The second-order valence-corrected chi connectivity index (χ2v) is 11.3. The summed E-state index contributed by atoms with van der Waals surface area (Å²) in [4.78, 5) is 37.8. The van der Waals surface area contributed by atoms with Crippen LogP contribution in [0.3, 0.4) is 0 Å². The summed E-state index contributed by atoms with van der Waals surface area (Å²) < 4.78 is 32.9. The third-order valence-electron chi connectivity index (χ3n) is 6.60. The molecule has 40 heavy (non-hydrogen) atoms. The van der Waals surface area contributed by atoms with E-state index in [1.54, 1.807) is 24.8 Å². The predicted octanol–water partition coefficient (Wildman–Crippen LogP) is 4.42. The fourth-order valence-corrected chi connectivity index (χ4v) is 6.06. The number of rotatable bonds is 9. The average Bonchev–Trinajstić information content (AvgIpc) is 2.96. The zero-order chi connectivity index (χ0) is 28.7. The van der Waals surface area contributed by atoms with Crippen LogP contribution in [0.2, 0.25) is 0 Å². The fraction of sp³-hybridized carbons (Fsp3) is 0.333. The molecule has 210 valence electrons. The summed E-state index contributed by atoms with van der Waals surface area (Å²) in [6.07, 6.45) is 2.73. The number of aromatic nitrogens is 2. The van der Waals surface area contributed by atoms with Gasteiger partial charge in [-0.15, -0.1) is 0 Å². The van der Waals surface area contributed by atoms with E-state index in [9.17, 15) is 18.0 Å². The van der Waals surface area contributed by atoms with E-state index in [1.165, 1.54) is 9.71 Å². The fourth-order valence-electron chi connectivity index (χ4n) is 4.67. The van der Waals surface area contributed by atoms with Gasteiger partial charge in [-0.25, -0.2) is 23.2 Å². The Balaban J connectivity index is 1.64. The molecule has 9 nitrogen and oxygen atoms in total. The van der Waals surface area contributed by atoms with Crippen LogP contribution in [0.1, 0.15) is 59.3 Å². The molecule has 4 rings (SSSR count). The van der Waals surface area contributed by atoms with Crippen molar-refractivity contribution in [2.24, 2.45) is 0 Å². The summed E-state index contributed by atoms with van der Waals surface area (Å²) in [5, 5.41) is 1.20. The summed E-state index contributed by atoms with van der Waals surface area (Å²) in [7, 11) is -3.72. The molecule has 1 aromatic heterocycles. The molecule has 1 aliphatic heterocycles. The summed E-state index contributed by atoms with van der Waals surface area (Å²) in [6, 6.07) is 18.0. The number of esters is 1. The molecular weight excluding hydrogens is 528 g/mol. The van der Waals surface area contributed by atoms with Crippen molar-refractivity contribution in [2.45, 2.75) is 39.7 Å². The third-order valence-corrected chi connectivity index (χ3v) is 8.27. The molecule has 3 aromatic rings. The lowest BCUT2D eigenvalue weighted by atomic mass is 10.0. The second kappa shape index (κ2) is 13.0. The van der Waals surface area contributed by atoms with Gasteiger partial charge in [-0.05, 0) is 31.9 Å². The SMILES string of the molecule is CCCc1nc(-c2ccccc2)nc(C(=O)N2CCN(S(=O)(=O)/C=C/c3ccccc3)C(C)C2)c1C(=O)OCC. The maximum absolute atomic E-state index is 13.9. The number of carbonyl (C=O) groups is 2. The largest absolute Gasteiger partial charge is 0.462 e. The Bertz CT molecular complexity index is 1480. The maximum atomic E-state index is 13.9. The Kier molecular flexibility index (Phi) is 9.44. The van der Waals surface area contributed by atoms with Crippen LogP contribution in [0.5, 0.6) is 0 Å². The number of hydrogen-bond acceptors (Lipinski definition) is 7. The molecule has 1 aliphatic rings. The molecule has 0 aliphatic carbocycles. The minimum Gasteiger partial charge on any atom is -0.462 e. The minimum absolute atomic E-state index is 0.0248. The van der Waals surface area contributed by atoms with Crippen LogP contribution in [0.15, 0.2) is 66.1 Å². The number of benzene rings is 2. The predicted molar refractivity (Wildman–Crippen MR) is 154 cm³/mol. The highest BCUT2D eigenvalue weighted by Gasteiger charge is 2.36. The first kappa shape index (κ1) is 29.1. The molecule has 10 heteroatoms. The number of amides is 1. The van der Waals surface area contributed by atoms with Crippen molar-refractivity contribution in [3.63, 3.8) is 0 Å². The van der Waals surface area contributed by atoms with Crippen LogP contribution in [0.25, 0.3) is 17.5 Å². The summed E-state index contributed by atoms with van der Waals surface area (Å²) in [5.41, 5.74) is 2.00. The maximum Gasteiger partial charge on any atom is 0.342 e. The molecule has 1 atom stereocenters. The van der Waals surface area contributed by atoms with Gasteiger partial charge < -0.3 is 9.64 Å². The number of aryl methyl sites for hydroxylation is 1. The topological polar surface area (TPSA) is 110 Å². The Labute approximate surface area is 235 Å². The number of ether oxygens (including phenoxy) is 1. The van der Waals surface area contributed by atoms with Crippen LogP contribution in [0, 0.1) is 0 Å². The summed E-state index contributed by atoms with van der Waals surface area (Å²) in [5.74, 6) is -0.751. The molecule has 1 amide bonds. The highest BCUT2D eigenvalue weighted by atomic mass is 32.2. The lowest BCUT2D eigenvalue weighted by molar-refractivity contribution is 0.0509. The molecule has 0 spiro atoms. The zero-order valence-corrected chi connectivity index (χ0v) is 23.8. The molecule has 0 bridgehead atoms. The van der Waals surface area contributed by atoms with Gasteiger partial charge in [-0.1, -0.05) is 74.0 Å². The highest BCUT2D eigenvalue weighted by molar-refractivity contribution is 7.92. The summed E-state index contributed by atoms with van der Waals surface area (Å²) in [6.45, 7) is 5.98. The molecule has 0 saturated carbocycles. The van der Waals surface area contributed by atoms with Crippen molar-refractivity contribution in [2.75, 3.05) is 26.2 Å². The van der Waals surface area contributed by atoms with Crippen molar-refractivity contribution in [1.29, 1.82) is 0 Å². The third kappa shape index (κ3) is 6.63.